The normalized spacial score (nSPS) is 25.0. The van der Waals surface area contributed by atoms with Crippen molar-refractivity contribution in [2.75, 3.05) is 17.2 Å². The summed E-state index contributed by atoms with van der Waals surface area (Å²) in [7, 11) is 0. The first kappa shape index (κ1) is 15.3. The van der Waals surface area contributed by atoms with Crippen molar-refractivity contribution in [3.8, 4) is 5.75 Å². The molecule has 3 aliphatic rings. The first-order chi connectivity index (χ1) is 12.2. The van der Waals surface area contributed by atoms with E-state index in [1.807, 2.05) is 13.0 Å². The van der Waals surface area contributed by atoms with Crippen LogP contribution in [0.2, 0.25) is 5.02 Å². The molecule has 0 saturated heterocycles. The van der Waals surface area contributed by atoms with Crippen LogP contribution in [0.4, 0.5) is 17.3 Å². The van der Waals surface area contributed by atoms with Crippen LogP contribution in [0.25, 0.3) is 0 Å². The maximum absolute atomic E-state index is 6.34. The molecule has 5 rings (SSSR count). The summed E-state index contributed by atoms with van der Waals surface area (Å²) in [6.45, 7) is 2.72. The number of fused-ring (bicyclic) bond motifs is 4. The van der Waals surface area contributed by atoms with E-state index in [2.05, 4.69) is 20.3 Å². The Morgan fingerprint density at radius 2 is 2.16 bits per heavy atom. The van der Waals surface area contributed by atoms with Crippen molar-refractivity contribution in [1.29, 1.82) is 0 Å². The maximum Gasteiger partial charge on any atom is 0.184 e. The van der Waals surface area contributed by atoms with Gasteiger partial charge in [0.15, 0.2) is 11.6 Å². The number of hydrogen-bond acceptors (Lipinski definition) is 5. The lowest BCUT2D eigenvalue weighted by Gasteiger charge is -2.37. The van der Waals surface area contributed by atoms with Crippen LogP contribution in [0.3, 0.4) is 0 Å². The Kier molecular flexibility index (Phi) is 3.55. The number of aryl methyl sites for hydroxylation is 1. The van der Waals surface area contributed by atoms with Gasteiger partial charge in [-0.1, -0.05) is 11.6 Å². The molecule has 7 heteroatoms. The quantitative estimate of drug-likeness (QED) is 0.795. The average Bonchev–Trinajstić information content (AvgIpc) is 2.80. The lowest BCUT2D eigenvalue weighted by atomic mass is 9.80. The van der Waals surface area contributed by atoms with Crippen LogP contribution < -0.4 is 15.4 Å². The molecule has 6 nitrogen and oxygen atoms in total. The molecular formula is C18H22ClN5O. The Bertz CT molecular complexity index is 816. The second kappa shape index (κ2) is 5.80. The average molecular weight is 360 g/mol. The molecule has 0 spiro atoms. The Morgan fingerprint density at radius 3 is 2.88 bits per heavy atom. The highest BCUT2D eigenvalue weighted by Crippen LogP contribution is 2.42. The number of hydrogen-bond donors (Lipinski definition) is 2. The molecule has 2 aliphatic carbocycles. The Labute approximate surface area is 151 Å². The highest BCUT2D eigenvalue weighted by molar-refractivity contribution is 6.33. The smallest absolute Gasteiger partial charge is 0.184 e. The Balaban J connectivity index is 1.59. The molecule has 132 valence electrons. The molecule has 2 bridgehead atoms. The van der Waals surface area contributed by atoms with Crippen molar-refractivity contribution < 1.29 is 4.74 Å². The first-order valence-corrected chi connectivity index (χ1v) is 9.48. The van der Waals surface area contributed by atoms with Gasteiger partial charge in [0.1, 0.15) is 11.5 Å². The summed E-state index contributed by atoms with van der Waals surface area (Å²) < 4.78 is 8.34. The SMILES string of the molecule is Cc1nn(C2CCC2)c2c1OC[C@@H]1CC[C@H]1Nc1cc(ncc1Cl)N2. The van der Waals surface area contributed by atoms with Gasteiger partial charge in [-0.2, -0.15) is 5.10 Å². The van der Waals surface area contributed by atoms with E-state index in [-0.39, 0.29) is 0 Å². The van der Waals surface area contributed by atoms with E-state index in [1.54, 1.807) is 6.20 Å². The molecule has 0 amide bonds. The van der Waals surface area contributed by atoms with Crippen molar-refractivity contribution in [2.24, 2.45) is 5.92 Å². The molecule has 1 aliphatic heterocycles. The summed E-state index contributed by atoms with van der Waals surface area (Å²) in [5, 5.41) is 12.4. The first-order valence-electron chi connectivity index (χ1n) is 9.10. The van der Waals surface area contributed by atoms with Gasteiger partial charge >= 0.3 is 0 Å². The molecule has 2 aromatic heterocycles. The number of pyridine rings is 1. The fourth-order valence-electron chi connectivity index (χ4n) is 3.80. The largest absolute Gasteiger partial charge is 0.487 e. The van der Waals surface area contributed by atoms with E-state index in [0.717, 1.165) is 35.2 Å². The fourth-order valence-corrected chi connectivity index (χ4v) is 3.96. The third-order valence-corrected chi connectivity index (χ3v) is 6.05. The molecule has 2 fully saturated rings. The molecule has 0 unspecified atom stereocenters. The number of anilines is 3. The van der Waals surface area contributed by atoms with Crippen LogP contribution in [0.1, 0.15) is 43.8 Å². The minimum atomic E-state index is 0.399. The third-order valence-electron chi connectivity index (χ3n) is 5.75. The van der Waals surface area contributed by atoms with Gasteiger partial charge in [-0.15, -0.1) is 0 Å². The summed E-state index contributed by atoms with van der Waals surface area (Å²) in [5.74, 6) is 3.03. The van der Waals surface area contributed by atoms with E-state index in [4.69, 9.17) is 21.4 Å². The maximum atomic E-state index is 6.34. The summed E-state index contributed by atoms with van der Waals surface area (Å²) in [4.78, 5) is 4.45. The molecule has 2 atom stereocenters. The predicted molar refractivity (Wildman–Crippen MR) is 98.0 cm³/mol. The number of ether oxygens (including phenoxy) is 1. The number of rotatable bonds is 1. The van der Waals surface area contributed by atoms with Crippen LogP contribution in [0.15, 0.2) is 12.3 Å². The number of nitrogens with one attached hydrogen (secondary N) is 2. The molecule has 0 radical (unpaired) electrons. The summed E-state index contributed by atoms with van der Waals surface area (Å²) in [5.41, 5.74) is 1.87. The summed E-state index contributed by atoms with van der Waals surface area (Å²) in [6.07, 6.45) is 7.61. The molecule has 3 heterocycles. The zero-order valence-electron chi connectivity index (χ0n) is 14.3. The minimum absolute atomic E-state index is 0.399. The Morgan fingerprint density at radius 1 is 1.28 bits per heavy atom. The van der Waals surface area contributed by atoms with Gasteiger partial charge in [0.2, 0.25) is 0 Å². The van der Waals surface area contributed by atoms with Crippen LogP contribution in [0, 0.1) is 12.8 Å². The summed E-state index contributed by atoms with van der Waals surface area (Å²) in [6, 6.07) is 2.83. The van der Waals surface area contributed by atoms with Crippen molar-refractivity contribution in [3.63, 3.8) is 0 Å². The molecule has 0 aromatic carbocycles. The van der Waals surface area contributed by atoms with E-state index >= 15 is 0 Å². The van der Waals surface area contributed by atoms with Crippen LogP contribution in [-0.2, 0) is 0 Å². The van der Waals surface area contributed by atoms with E-state index in [9.17, 15) is 0 Å². The standard InChI is InChI=1S/C18H22ClN5O/c1-10-17-18(24(23-10)12-3-2-4-12)22-16-7-15(13(19)8-20-16)21-14-6-5-11(14)9-25-17/h7-8,11-12,14,21H,2-6,9H2,1H3,(H,20,22)/t11-,14+/m0/s1. The monoisotopic (exact) mass is 359 g/mol. The van der Waals surface area contributed by atoms with Crippen molar-refractivity contribution in [2.45, 2.75) is 51.1 Å². The van der Waals surface area contributed by atoms with E-state index in [1.165, 1.54) is 25.7 Å². The van der Waals surface area contributed by atoms with Gasteiger partial charge in [0, 0.05) is 18.0 Å². The minimum Gasteiger partial charge on any atom is -0.487 e. The number of nitrogens with zero attached hydrogens (tertiary/aromatic N) is 3. The van der Waals surface area contributed by atoms with Gasteiger partial charge in [-0.05, 0) is 39.0 Å². The van der Waals surface area contributed by atoms with Crippen LogP contribution in [-0.4, -0.2) is 27.4 Å². The van der Waals surface area contributed by atoms with Crippen LogP contribution in [0.5, 0.6) is 5.75 Å². The zero-order valence-corrected chi connectivity index (χ0v) is 15.0. The van der Waals surface area contributed by atoms with Crippen LogP contribution >= 0.6 is 11.6 Å². The highest BCUT2D eigenvalue weighted by Gasteiger charge is 2.34. The molecular weight excluding hydrogens is 338 g/mol. The second-order valence-electron chi connectivity index (χ2n) is 7.37. The van der Waals surface area contributed by atoms with Crippen molar-refractivity contribution in [1.82, 2.24) is 14.8 Å². The topological polar surface area (TPSA) is 64.0 Å². The molecule has 25 heavy (non-hydrogen) atoms. The second-order valence-corrected chi connectivity index (χ2v) is 7.77. The van der Waals surface area contributed by atoms with Gasteiger partial charge in [-0.3, -0.25) is 0 Å². The lowest BCUT2D eigenvalue weighted by Crippen LogP contribution is -2.41. The van der Waals surface area contributed by atoms with Crippen molar-refractivity contribution >= 4 is 28.9 Å². The molecule has 2 N–H and O–H groups in total. The highest BCUT2D eigenvalue weighted by atomic mass is 35.5. The van der Waals surface area contributed by atoms with Crippen molar-refractivity contribution in [3.05, 3.63) is 23.0 Å². The van der Waals surface area contributed by atoms with Gasteiger partial charge in [0.05, 0.1) is 29.6 Å². The van der Waals surface area contributed by atoms with E-state index < -0.39 is 0 Å². The Hall–Kier alpha value is -1.95. The predicted octanol–water partition coefficient (Wildman–Crippen LogP) is 4.29. The summed E-state index contributed by atoms with van der Waals surface area (Å²) >= 11 is 6.34. The lowest BCUT2D eigenvalue weighted by molar-refractivity contribution is 0.163. The van der Waals surface area contributed by atoms with E-state index in [0.29, 0.717) is 29.6 Å². The molecule has 2 saturated carbocycles. The van der Waals surface area contributed by atoms with Gasteiger partial charge in [-0.25, -0.2) is 9.67 Å². The van der Waals surface area contributed by atoms with Gasteiger partial charge < -0.3 is 15.4 Å². The number of aromatic nitrogens is 3. The third kappa shape index (κ3) is 2.54. The fraction of sp³-hybridized carbons (Fsp3) is 0.556. The molecule has 2 aromatic rings. The zero-order chi connectivity index (χ0) is 17.0. The number of halogens is 1. The van der Waals surface area contributed by atoms with Gasteiger partial charge in [0.25, 0.3) is 0 Å².